The number of aliphatic hydroxyl groups is 1. The number of para-hydroxylation sites is 1. The summed E-state index contributed by atoms with van der Waals surface area (Å²) in [5, 5.41) is 13.5. The lowest BCUT2D eigenvalue weighted by atomic mass is 10.0. The van der Waals surface area contributed by atoms with Crippen molar-refractivity contribution in [2.75, 3.05) is 18.5 Å². The van der Waals surface area contributed by atoms with Gasteiger partial charge in [-0.15, -0.1) is 0 Å². The van der Waals surface area contributed by atoms with Gasteiger partial charge in [-0.3, -0.25) is 4.79 Å². The topological polar surface area (TPSA) is 96.5 Å². The Bertz CT molecular complexity index is 1370. The molecule has 4 aromatic rings. The van der Waals surface area contributed by atoms with Gasteiger partial charge >= 0.3 is 0 Å². The van der Waals surface area contributed by atoms with Crippen molar-refractivity contribution >= 4 is 38.4 Å². The third kappa shape index (κ3) is 4.93. The number of carbonyl (C=O) groups is 1. The first-order chi connectivity index (χ1) is 17.0. The molecule has 3 heterocycles. The number of carbonyl (C=O) groups excluding carboxylic acids is 1. The smallest absolute Gasteiger partial charge is 0.196 e. The van der Waals surface area contributed by atoms with Gasteiger partial charge in [0.15, 0.2) is 17.3 Å². The van der Waals surface area contributed by atoms with Crippen LogP contribution >= 0.6 is 15.9 Å². The second-order valence-corrected chi connectivity index (χ2v) is 9.20. The molecule has 5 rings (SSSR count). The van der Waals surface area contributed by atoms with E-state index in [2.05, 4.69) is 31.2 Å². The fourth-order valence-corrected chi connectivity index (χ4v) is 4.72. The van der Waals surface area contributed by atoms with Crippen LogP contribution in [0.1, 0.15) is 28.8 Å². The first-order valence-electron chi connectivity index (χ1n) is 11.2. The lowest BCUT2D eigenvalue weighted by Crippen LogP contribution is -2.36. The Labute approximate surface area is 209 Å². The van der Waals surface area contributed by atoms with Gasteiger partial charge < -0.3 is 24.9 Å². The predicted molar refractivity (Wildman–Crippen MR) is 134 cm³/mol. The number of aromatic amines is 1. The van der Waals surface area contributed by atoms with E-state index in [1.165, 1.54) is 12.1 Å². The minimum atomic E-state index is -0.467. The third-order valence-corrected chi connectivity index (χ3v) is 6.66. The van der Waals surface area contributed by atoms with Gasteiger partial charge in [0.2, 0.25) is 0 Å². The Hall–Kier alpha value is -3.27. The highest BCUT2D eigenvalue weighted by Gasteiger charge is 2.24. The van der Waals surface area contributed by atoms with E-state index in [0.717, 1.165) is 18.5 Å². The van der Waals surface area contributed by atoms with E-state index in [-0.39, 0.29) is 30.3 Å². The number of hydrogen-bond donors (Lipinski definition) is 3. The van der Waals surface area contributed by atoms with Crippen molar-refractivity contribution in [3.63, 3.8) is 0 Å². The molecule has 180 valence electrons. The molecule has 0 bridgehead atoms. The van der Waals surface area contributed by atoms with Crippen molar-refractivity contribution in [2.24, 2.45) is 0 Å². The summed E-state index contributed by atoms with van der Waals surface area (Å²) in [4.78, 5) is 21.0. The molecule has 3 N–H and O–H groups in total. The average Bonchev–Trinajstić information content (AvgIpc) is 3.31. The molecule has 0 aliphatic carbocycles. The molecule has 7 nitrogen and oxygen atoms in total. The summed E-state index contributed by atoms with van der Waals surface area (Å²) in [7, 11) is 0. The summed E-state index contributed by atoms with van der Waals surface area (Å²) in [6, 6.07) is 13.0. The number of benzene rings is 2. The van der Waals surface area contributed by atoms with Crippen LogP contribution in [0.4, 0.5) is 10.1 Å². The highest BCUT2D eigenvalue weighted by molar-refractivity contribution is 9.10. The van der Waals surface area contributed by atoms with E-state index in [1.807, 2.05) is 6.07 Å². The maximum Gasteiger partial charge on any atom is 0.196 e. The van der Waals surface area contributed by atoms with Crippen LogP contribution in [0.25, 0.3) is 11.0 Å². The number of aliphatic hydroxyl groups excluding tert-OH is 1. The molecule has 2 atom stereocenters. The van der Waals surface area contributed by atoms with Crippen LogP contribution in [0.5, 0.6) is 11.5 Å². The van der Waals surface area contributed by atoms with E-state index in [0.29, 0.717) is 39.0 Å². The molecule has 0 unspecified atom stereocenters. The summed E-state index contributed by atoms with van der Waals surface area (Å²) < 4.78 is 25.8. The number of nitrogens with zero attached hydrogens (tertiary/aromatic N) is 1. The molecule has 1 aliphatic heterocycles. The second-order valence-electron chi connectivity index (χ2n) is 8.34. The summed E-state index contributed by atoms with van der Waals surface area (Å²) >= 11 is 3.47. The Morgan fingerprint density at radius 3 is 2.83 bits per heavy atom. The van der Waals surface area contributed by atoms with Crippen LogP contribution in [-0.4, -0.2) is 46.2 Å². The number of halogens is 2. The van der Waals surface area contributed by atoms with Crippen molar-refractivity contribution in [1.82, 2.24) is 9.97 Å². The molecule has 9 heteroatoms. The Balaban J connectivity index is 1.40. The zero-order chi connectivity index (χ0) is 24.4. The van der Waals surface area contributed by atoms with Crippen molar-refractivity contribution in [3.8, 4) is 11.5 Å². The van der Waals surface area contributed by atoms with Gasteiger partial charge in [-0.25, -0.2) is 9.37 Å². The number of anilines is 1. The molecule has 0 spiro atoms. The van der Waals surface area contributed by atoms with Crippen LogP contribution in [0.3, 0.4) is 0 Å². The predicted octanol–water partition coefficient (Wildman–Crippen LogP) is 5.44. The average molecular weight is 540 g/mol. The Morgan fingerprint density at radius 2 is 2.09 bits per heavy atom. The summed E-state index contributed by atoms with van der Waals surface area (Å²) in [5.41, 5.74) is 2.29. The summed E-state index contributed by atoms with van der Waals surface area (Å²) in [5.74, 6) is -0.156. The lowest BCUT2D eigenvalue weighted by Gasteiger charge is -2.29. The highest BCUT2D eigenvalue weighted by Crippen LogP contribution is 2.33. The van der Waals surface area contributed by atoms with E-state index < -0.39 is 5.82 Å². The van der Waals surface area contributed by atoms with Gasteiger partial charge in [-0.1, -0.05) is 12.1 Å². The van der Waals surface area contributed by atoms with Crippen LogP contribution in [0.2, 0.25) is 0 Å². The molecule has 1 aliphatic rings. The molecule has 1 fully saturated rings. The molecular formula is C26H23BrFN3O4. The Morgan fingerprint density at radius 1 is 1.23 bits per heavy atom. The van der Waals surface area contributed by atoms with E-state index in [1.54, 1.807) is 42.7 Å². The number of hydrogen-bond acceptors (Lipinski definition) is 6. The first kappa shape index (κ1) is 23.5. The highest BCUT2D eigenvalue weighted by atomic mass is 79.9. The second kappa shape index (κ2) is 10.2. The Kier molecular flexibility index (Phi) is 6.81. The van der Waals surface area contributed by atoms with Gasteiger partial charge in [0, 0.05) is 34.2 Å². The number of H-pyrrole nitrogens is 1. The summed E-state index contributed by atoms with van der Waals surface area (Å²) in [6.07, 6.45) is 4.81. The molecule has 35 heavy (non-hydrogen) atoms. The molecule has 1 saturated heterocycles. The maximum atomic E-state index is 13.9. The zero-order valence-corrected chi connectivity index (χ0v) is 20.2. The molecule has 0 amide bonds. The first-order valence-corrected chi connectivity index (χ1v) is 12.0. The minimum Gasteiger partial charge on any atom is -0.454 e. The molecule has 0 radical (unpaired) electrons. The van der Waals surface area contributed by atoms with Crippen molar-refractivity contribution < 1.29 is 23.8 Å². The molecule has 0 saturated carbocycles. The molecular weight excluding hydrogens is 517 g/mol. The van der Waals surface area contributed by atoms with Crippen LogP contribution in [0.15, 0.2) is 65.4 Å². The number of fused-ring (bicyclic) bond motifs is 1. The number of nitrogens with one attached hydrogen (secondary N) is 2. The van der Waals surface area contributed by atoms with Gasteiger partial charge in [0.05, 0.1) is 30.3 Å². The quantitative estimate of drug-likeness (QED) is 0.270. The largest absolute Gasteiger partial charge is 0.454 e. The maximum absolute atomic E-state index is 13.9. The van der Waals surface area contributed by atoms with Crippen LogP contribution in [-0.2, 0) is 4.74 Å². The van der Waals surface area contributed by atoms with E-state index >= 15 is 0 Å². The number of ether oxygens (including phenoxy) is 2. The normalized spacial score (nSPS) is 17.9. The van der Waals surface area contributed by atoms with Gasteiger partial charge in [-0.05, 0) is 65.2 Å². The monoisotopic (exact) mass is 539 g/mol. The zero-order valence-electron chi connectivity index (χ0n) is 18.6. The minimum absolute atomic E-state index is 0.0156. The number of rotatable bonds is 7. The molecule has 2 aromatic carbocycles. The van der Waals surface area contributed by atoms with Gasteiger partial charge in [0.1, 0.15) is 11.4 Å². The van der Waals surface area contributed by atoms with Crippen LogP contribution < -0.4 is 10.1 Å². The van der Waals surface area contributed by atoms with E-state index in [9.17, 15) is 14.3 Å². The van der Waals surface area contributed by atoms with Crippen molar-refractivity contribution in [1.29, 1.82) is 0 Å². The fraction of sp³-hybridized carbons (Fsp3) is 0.231. The lowest BCUT2D eigenvalue weighted by molar-refractivity contribution is -0.0223. The fourth-order valence-electron chi connectivity index (χ4n) is 4.18. The van der Waals surface area contributed by atoms with E-state index in [4.69, 9.17) is 9.47 Å². The van der Waals surface area contributed by atoms with Crippen molar-refractivity contribution in [2.45, 2.75) is 25.0 Å². The van der Waals surface area contributed by atoms with Crippen molar-refractivity contribution in [3.05, 3.63) is 82.3 Å². The van der Waals surface area contributed by atoms with Gasteiger partial charge in [-0.2, -0.15) is 0 Å². The standard InChI is InChI=1S/C26H23BrFN3O4/c27-20-11-16(35-23-4-2-1-3-21(23)28)7-8-18(20)25(33)19-12-30-26-24(19)22(9-10-29-26)31-15-5-6-17(13-32)34-14-15/h1-4,7-12,15,17,32H,5-6,13-14H2,(H2,29,30,31)/t15-,17+/m1/s1. The summed E-state index contributed by atoms with van der Waals surface area (Å²) in [6.45, 7) is 0.486. The number of pyridine rings is 1. The molecule has 2 aromatic heterocycles. The number of aromatic nitrogens is 2. The van der Waals surface area contributed by atoms with Crippen LogP contribution in [0, 0.1) is 5.82 Å². The van der Waals surface area contributed by atoms with Gasteiger partial charge in [0.25, 0.3) is 0 Å². The number of ketones is 1. The SMILES string of the molecule is O=C(c1ccc(Oc2ccccc2F)cc1Br)c1c[nH]c2nccc(N[C@@H]3CC[C@@H](CO)OC3)c12. The third-order valence-electron chi connectivity index (χ3n) is 6.00.